The second-order valence-electron chi connectivity index (χ2n) is 5.63. The first-order valence-electron chi connectivity index (χ1n) is 6.96. The van der Waals surface area contributed by atoms with E-state index in [1.54, 1.807) is 6.92 Å². The fourth-order valence-electron chi connectivity index (χ4n) is 1.95. The van der Waals surface area contributed by atoms with Crippen molar-refractivity contribution in [2.45, 2.75) is 45.6 Å². The Kier molecular flexibility index (Phi) is 5.24. The summed E-state index contributed by atoms with van der Waals surface area (Å²) in [5.41, 5.74) is -0.964. The highest BCUT2D eigenvalue weighted by Crippen LogP contribution is 2.27. The summed E-state index contributed by atoms with van der Waals surface area (Å²) in [6, 6.07) is 4.18. The molecule has 0 aliphatic carbocycles. The van der Waals surface area contributed by atoms with Crippen molar-refractivity contribution in [1.82, 2.24) is 5.32 Å². The minimum absolute atomic E-state index is 0.0579. The van der Waals surface area contributed by atoms with Crippen molar-refractivity contribution in [3.8, 4) is 0 Å². The maximum atomic E-state index is 12.2. The van der Waals surface area contributed by atoms with E-state index in [0.717, 1.165) is 0 Å². The van der Waals surface area contributed by atoms with E-state index in [2.05, 4.69) is 5.32 Å². The zero-order valence-corrected chi connectivity index (χ0v) is 13.0. The number of carbonyl (C=O) groups is 2. The maximum absolute atomic E-state index is 12.2. The van der Waals surface area contributed by atoms with Crippen LogP contribution in [0.3, 0.4) is 0 Å². The van der Waals surface area contributed by atoms with Crippen molar-refractivity contribution in [2.24, 2.45) is 0 Å². The summed E-state index contributed by atoms with van der Waals surface area (Å²) in [7, 11) is 0. The number of benzene rings is 1. The molecule has 2 N–H and O–H groups in total. The van der Waals surface area contributed by atoms with Crippen LogP contribution in [0.5, 0.6) is 0 Å². The second-order valence-corrected chi connectivity index (χ2v) is 5.63. The van der Waals surface area contributed by atoms with Gasteiger partial charge in [0.25, 0.3) is 11.6 Å². The van der Waals surface area contributed by atoms with Crippen molar-refractivity contribution in [3.05, 3.63) is 39.4 Å². The van der Waals surface area contributed by atoms with E-state index in [0.29, 0.717) is 5.56 Å². The van der Waals surface area contributed by atoms with Gasteiger partial charge in [-0.15, -0.1) is 0 Å². The second kappa shape index (κ2) is 6.55. The first kappa shape index (κ1) is 17.6. The first-order valence-corrected chi connectivity index (χ1v) is 6.96. The van der Waals surface area contributed by atoms with Gasteiger partial charge in [0.15, 0.2) is 0 Å². The van der Waals surface area contributed by atoms with Crippen LogP contribution < -0.4 is 5.32 Å². The predicted octanol–water partition coefficient (Wildman–Crippen LogP) is 2.70. The normalized spacial score (nSPS) is 13.5. The fraction of sp³-hybridized carbons (Fsp3) is 0.467. The van der Waals surface area contributed by atoms with Gasteiger partial charge in [-0.25, -0.2) is 4.79 Å². The molecule has 0 spiro atoms. The Bertz CT molecular complexity index is 612. The monoisotopic (exact) mass is 308 g/mol. The van der Waals surface area contributed by atoms with Gasteiger partial charge in [-0.05, 0) is 25.3 Å². The SMILES string of the molecule is CCC(C)(NC(=O)c1ccc(C(C)C)c([N+](=O)[O-])c1)C(=O)O. The lowest BCUT2D eigenvalue weighted by Crippen LogP contribution is -2.51. The molecule has 0 fully saturated rings. The summed E-state index contributed by atoms with van der Waals surface area (Å²) in [5, 5.41) is 22.7. The van der Waals surface area contributed by atoms with Crippen molar-refractivity contribution in [1.29, 1.82) is 0 Å². The molecule has 7 nitrogen and oxygen atoms in total. The standard InChI is InChI=1S/C15H20N2O5/c1-5-15(4,14(19)20)16-13(18)10-6-7-11(9(2)3)12(8-10)17(21)22/h6-9H,5H2,1-4H3,(H,16,18)(H,19,20). The third kappa shape index (κ3) is 3.60. The molecule has 1 aromatic rings. The van der Waals surface area contributed by atoms with Gasteiger partial charge < -0.3 is 10.4 Å². The molecule has 1 amide bonds. The Labute approximate surface area is 128 Å². The van der Waals surface area contributed by atoms with Crippen LogP contribution in [-0.2, 0) is 4.79 Å². The van der Waals surface area contributed by atoms with Gasteiger partial charge in [0, 0.05) is 17.2 Å². The van der Waals surface area contributed by atoms with Crippen LogP contribution in [0.4, 0.5) is 5.69 Å². The van der Waals surface area contributed by atoms with Crippen LogP contribution in [0.1, 0.15) is 56.0 Å². The zero-order chi connectivity index (χ0) is 17.1. The molecule has 0 heterocycles. The number of aliphatic carboxylic acids is 1. The Hall–Kier alpha value is -2.44. The quantitative estimate of drug-likeness (QED) is 0.620. The van der Waals surface area contributed by atoms with Crippen LogP contribution in [0.15, 0.2) is 18.2 Å². The van der Waals surface area contributed by atoms with Crippen LogP contribution in [0.25, 0.3) is 0 Å². The van der Waals surface area contributed by atoms with E-state index in [-0.39, 0.29) is 23.6 Å². The highest BCUT2D eigenvalue weighted by molar-refractivity contribution is 5.98. The third-order valence-electron chi connectivity index (χ3n) is 3.68. The lowest BCUT2D eigenvalue weighted by molar-refractivity contribution is -0.385. The number of carbonyl (C=O) groups excluding carboxylic acids is 1. The van der Waals surface area contributed by atoms with Gasteiger partial charge in [0.05, 0.1) is 4.92 Å². The number of carboxylic acids is 1. The zero-order valence-electron chi connectivity index (χ0n) is 13.0. The largest absolute Gasteiger partial charge is 0.480 e. The number of amides is 1. The van der Waals surface area contributed by atoms with E-state index < -0.39 is 22.3 Å². The molecular weight excluding hydrogens is 288 g/mol. The van der Waals surface area contributed by atoms with Crippen LogP contribution >= 0.6 is 0 Å². The Morgan fingerprint density at radius 3 is 2.41 bits per heavy atom. The van der Waals surface area contributed by atoms with Crippen molar-refractivity contribution < 1.29 is 19.6 Å². The summed E-state index contributed by atoms with van der Waals surface area (Å²) in [4.78, 5) is 34.0. The number of hydrogen-bond donors (Lipinski definition) is 2. The lowest BCUT2D eigenvalue weighted by Gasteiger charge is -2.24. The number of carboxylic acid groups (broad SMARTS) is 1. The van der Waals surface area contributed by atoms with Gasteiger partial charge in [0.2, 0.25) is 0 Å². The molecule has 7 heteroatoms. The fourth-order valence-corrected chi connectivity index (χ4v) is 1.95. The van der Waals surface area contributed by atoms with Gasteiger partial charge in [-0.3, -0.25) is 14.9 Å². The summed E-state index contributed by atoms with van der Waals surface area (Å²) in [5.74, 6) is -1.86. The van der Waals surface area contributed by atoms with E-state index in [1.165, 1.54) is 25.1 Å². The number of nitrogens with zero attached hydrogens (tertiary/aromatic N) is 1. The third-order valence-corrected chi connectivity index (χ3v) is 3.68. The lowest BCUT2D eigenvalue weighted by atomic mass is 9.96. The van der Waals surface area contributed by atoms with Gasteiger partial charge >= 0.3 is 5.97 Å². The minimum Gasteiger partial charge on any atom is -0.480 e. The Morgan fingerprint density at radius 2 is 2.00 bits per heavy atom. The van der Waals surface area contributed by atoms with Crippen molar-refractivity contribution >= 4 is 17.6 Å². The molecule has 0 aliphatic heterocycles. The minimum atomic E-state index is -1.41. The molecule has 22 heavy (non-hydrogen) atoms. The highest BCUT2D eigenvalue weighted by Gasteiger charge is 2.33. The Morgan fingerprint density at radius 1 is 1.41 bits per heavy atom. The molecule has 1 unspecified atom stereocenters. The summed E-state index contributed by atoms with van der Waals surface area (Å²) < 4.78 is 0. The van der Waals surface area contributed by atoms with E-state index >= 15 is 0 Å². The highest BCUT2D eigenvalue weighted by atomic mass is 16.6. The smallest absolute Gasteiger partial charge is 0.329 e. The van der Waals surface area contributed by atoms with Crippen LogP contribution in [0.2, 0.25) is 0 Å². The molecule has 1 rings (SSSR count). The molecule has 0 radical (unpaired) electrons. The summed E-state index contributed by atoms with van der Waals surface area (Å²) >= 11 is 0. The molecule has 1 atom stereocenters. The average molecular weight is 308 g/mol. The van der Waals surface area contributed by atoms with Gasteiger partial charge in [-0.2, -0.15) is 0 Å². The molecule has 0 aliphatic rings. The maximum Gasteiger partial charge on any atom is 0.329 e. The molecule has 0 bridgehead atoms. The number of nitro benzene ring substituents is 1. The first-order chi connectivity index (χ1) is 10.1. The molecule has 1 aromatic carbocycles. The molecule has 0 aromatic heterocycles. The number of nitrogens with one attached hydrogen (secondary N) is 1. The van der Waals surface area contributed by atoms with Crippen LogP contribution in [0, 0.1) is 10.1 Å². The Balaban J connectivity index is 3.17. The summed E-state index contributed by atoms with van der Waals surface area (Å²) in [6.45, 7) is 6.67. The van der Waals surface area contributed by atoms with Crippen molar-refractivity contribution in [3.63, 3.8) is 0 Å². The summed E-state index contributed by atoms with van der Waals surface area (Å²) in [6.07, 6.45) is 0.195. The van der Waals surface area contributed by atoms with E-state index in [9.17, 15) is 19.7 Å². The molecule has 0 saturated carbocycles. The van der Waals surface area contributed by atoms with E-state index in [4.69, 9.17) is 5.11 Å². The topological polar surface area (TPSA) is 110 Å². The van der Waals surface area contributed by atoms with Crippen molar-refractivity contribution in [2.75, 3.05) is 0 Å². The predicted molar refractivity (Wildman–Crippen MR) is 81.0 cm³/mol. The number of nitro groups is 1. The molecular formula is C15H20N2O5. The number of hydrogen-bond acceptors (Lipinski definition) is 4. The average Bonchev–Trinajstić information content (AvgIpc) is 2.45. The van der Waals surface area contributed by atoms with Crippen LogP contribution in [-0.4, -0.2) is 27.4 Å². The van der Waals surface area contributed by atoms with E-state index in [1.807, 2.05) is 13.8 Å². The van der Waals surface area contributed by atoms with Gasteiger partial charge in [-0.1, -0.05) is 26.8 Å². The molecule has 0 saturated heterocycles. The van der Waals surface area contributed by atoms with Gasteiger partial charge in [0.1, 0.15) is 5.54 Å². The number of rotatable bonds is 6. The molecule has 120 valence electrons.